The van der Waals surface area contributed by atoms with Crippen LogP contribution in [0.4, 0.5) is 5.82 Å². The van der Waals surface area contributed by atoms with Crippen molar-refractivity contribution in [2.45, 2.75) is 33.7 Å². The average molecular weight is 278 g/mol. The number of aliphatic carboxylic acids is 1. The molecule has 0 saturated heterocycles. The Morgan fingerprint density at radius 2 is 2.05 bits per heavy atom. The number of anilines is 1. The highest BCUT2D eigenvalue weighted by molar-refractivity contribution is 7.18. The first kappa shape index (κ1) is 13.7. The van der Waals surface area contributed by atoms with E-state index in [1.54, 1.807) is 11.3 Å². The lowest BCUT2D eigenvalue weighted by Gasteiger charge is -2.24. The van der Waals surface area contributed by atoms with E-state index in [1.807, 2.05) is 27.7 Å². The van der Waals surface area contributed by atoms with Crippen molar-refractivity contribution in [2.75, 3.05) is 5.32 Å². The molecule has 102 valence electrons. The molecule has 0 aliphatic carbocycles. The normalized spacial score (nSPS) is 12.9. The molecule has 1 N–H and O–H groups in total. The molecule has 0 unspecified atom stereocenters. The standard InChI is InChI=1S/C13H17N3O2S/c1-6(2)10(13(17)18)16-11-9-7(3)8(4)19-12(9)15-5-14-11/h5-6,10H,1-4H3,(H,17,18)(H,14,15,16)/p-1/t10-/m1/s1. The molecule has 0 aromatic carbocycles. The minimum atomic E-state index is -1.12. The zero-order valence-corrected chi connectivity index (χ0v) is 12.2. The van der Waals surface area contributed by atoms with E-state index in [9.17, 15) is 9.90 Å². The Kier molecular flexibility index (Phi) is 3.71. The number of carboxylic acids is 1. The van der Waals surface area contributed by atoms with E-state index in [2.05, 4.69) is 15.3 Å². The molecule has 2 aromatic heterocycles. The molecule has 5 nitrogen and oxygen atoms in total. The molecule has 2 rings (SSSR count). The maximum atomic E-state index is 11.2. The van der Waals surface area contributed by atoms with Crippen LogP contribution in [0.3, 0.4) is 0 Å². The van der Waals surface area contributed by atoms with E-state index in [0.717, 1.165) is 20.7 Å². The summed E-state index contributed by atoms with van der Waals surface area (Å²) in [5.74, 6) is -0.642. The number of carboxylic acid groups (broad SMARTS) is 1. The highest BCUT2D eigenvalue weighted by atomic mass is 32.1. The lowest BCUT2D eigenvalue weighted by atomic mass is 10.0. The highest BCUT2D eigenvalue weighted by Crippen LogP contribution is 2.32. The van der Waals surface area contributed by atoms with Gasteiger partial charge in [0.1, 0.15) is 17.0 Å². The number of hydrogen-bond donors (Lipinski definition) is 1. The van der Waals surface area contributed by atoms with E-state index in [4.69, 9.17) is 0 Å². The van der Waals surface area contributed by atoms with E-state index in [0.29, 0.717) is 5.82 Å². The quantitative estimate of drug-likeness (QED) is 0.917. The summed E-state index contributed by atoms with van der Waals surface area (Å²) in [6, 6.07) is -0.766. The van der Waals surface area contributed by atoms with Crippen LogP contribution in [0.5, 0.6) is 0 Å². The summed E-state index contributed by atoms with van der Waals surface area (Å²) < 4.78 is 0. The van der Waals surface area contributed by atoms with E-state index >= 15 is 0 Å². The highest BCUT2D eigenvalue weighted by Gasteiger charge is 2.18. The van der Waals surface area contributed by atoms with Gasteiger partial charge in [-0.15, -0.1) is 11.3 Å². The topological polar surface area (TPSA) is 77.9 Å². The molecule has 0 radical (unpaired) electrons. The molecular formula is C13H16N3O2S-. The summed E-state index contributed by atoms with van der Waals surface area (Å²) in [5.41, 5.74) is 1.09. The van der Waals surface area contributed by atoms with Gasteiger partial charge in [0.05, 0.1) is 17.4 Å². The Balaban J connectivity index is 2.48. The van der Waals surface area contributed by atoms with Crippen molar-refractivity contribution in [3.05, 3.63) is 16.8 Å². The number of carbonyl (C=O) groups is 1. The van der Waals surface area contributed by atoms with Gasteiger partial charge in [0.25, 0.3) is 0 Å². The first-order valence-corrected chi connectivity index (χ1v) is 6.91. The molecular weight excluding hydrogens is 262 g/mol. The number of carbonyl (C=O) groups excluding carboxylic acids is 1. The molecule has 2 heterocycles. The zero-order chi connectivity index (χ0) is 14.2. The Bertz CT molecular complexity index is 622. The van der Waals surface area contributed by atoms with Crippen molar-refractivity contribution in [1.82, 2.24) is 9.97 Å². The number of aromatic nitrogens is 2. The fourth-order valence-corrected chi connectivity index (χ4v) is 2.93. The minimum Gasteiger partial charge on any atom is -0.548 e. The van der Waals surface area contributed by atoms with E-state index in [1.165, 1.54) is 6.33 Å². The van der Waals surface area contributed by atoms with Crippen molar-refractivity contribution in [2.24, 2.45) is 5.92 Å². The van der Waals surface area contributed by atoms with Crippen molar-refractivity contribution in [3.63, 3.8) is 0 Å². The van der Waals surface area contributed by atoms with Crippen LogP contribution in [0.15, 0.2) is 6.33 Å². The monoisotopic (exact) mass is 278 g/mol. The van der Waals surface area contributed by atoms with Gasteiger partial charge in [-0.05, 0) is 25.3 Å². The van der Waals surface area contributed by atoms with Gasteiger partial charge in [-0.2, -0.15) is 0 Å². The van der Waals surface area contributed by atoms with Gasteiger partial charge in [0, 0.05) is 4.88 Å². The maximum absolute atomic E-state index is 11.2. The largest absolute Gasteiger partial charge is 0.548 e. The Morgan fingerprint density at radius 1 is 1.37 bits per heavy atom. The molecule has 0 amide bonds. The van der Waals surface area contributed by atoms with Crippen LogP contribution in [0.2, 0.25) is 0 Å². The second-order valence-electron chi connectivity index (χ2n) is 4.87. The Morgan fingerprint density at radius 3 is 2.63 bits per heavy atom. The van der Waals surface area contributed by atoms with E-state index < -0.39 is 12.0 Å². The molecule has 0 bridgehead atoms. The summed E-state index contributed by atoms with van der Waals surface area (Å²) in [6.45, 7) is 7.67. The number of fused-ring (bicyclic) bond motifs is 1. The third-order valence-electron chi connectivity index (χ3n) is 3.18. The van der Waals surface area contributed by atoms with Crippen LogP contribution in [0, 0.1) is 19.8 Å². The van der Waals surface area contributed by atoms with Crippen LogP contribution in [0.25, 0.3) is 10.2 Å². The van der Waals surface area contributed by atoms with Crippen LogP contribution in [-0.2, 0) is 4.79 Å². The summed E-state index contributed by atoms with van der Waals surface area (Å²) in [5, 5.41) is 15.0. The first-order chi connectivity index (χ1) is 8.91. The molecule has 0 saturated carbocycles. The Labute approximate surface area is 115 Å². The third-order valence-corrected chi connectivity index (χ3v) is 4.29. The molecule has 2 aromatic rings. The summed E-state index contributed by atoms with van der Waals surface area (Å²) in [7, 11) is 0. The molecule has 0 aliphatic rings. The summed E-state index contributed by atoms with van der Waals surface area (Å²) in [6.07, 6.45) is 1.45. The molecule has 0 spiro atoms. The second kappa shape index (κ2) is 5.13. The molecule has 0 aliphatic heterocycles. The molecule has 6 heteroatoms. The van der Waals surface area contributed by atoms with Gasteiger partial charge in [-0.25, -0.2) is 9.97 Å². The number of nitrogens with one attached hydrogen (secondary N) is 1. The second-order valence-corrected chi connectivity index (χ2v) is 6.07. The molecule has 19 heavy (non-hydrogen) atoms. The van der Waals surface area contributed by atoms with Crippen LogP contribution in [0.1, 0.15) is 24.3 Å². The van der Waals surface area contributed by atoms with Crippen LogP contribution in [-0.4, -0.2) is 22.0 Å². The van der Waals surface area contributed by atoms with Crippen molar-refractivity contribution >= 4 is 33.3 Å². The lowest BCUT2D eigenvalue weighted by Crippen LogP contribution is -2.44. The maximum Gasteiger partial charge on any atom is 0.138 e. The third kappa shape index (κ3) is 2.53. The van der Waals surface area contributed by atoms with Gasteiger partial charge < -0.3 is 15.2 Å². The smallest absolute Gasteiger partial charge is 0.138 e. The van der Waals surface area contributed by atoms with Gasteiger partial charge >= 0.3 is 0 Å². The van der Waals surface area contributed by atoms with Crippen molar-refractivity contribution < 1.29 is 9.90 Å². The predicted octanol–water partition coefficient (Wildman–Crippen LogP) is 1.49. The van der Waals surface area contributed by atoms with Crippen LogP contribution >= 0.6 is 11.3 Å². The van der Waals surface area contributed by atoms with Gasteiger partial charge in [0.2, 0.25) is 0 Å². The fraction of sp³-hybridized carbons (Fsp3) is 0.462. The number of aryl methyl sites for hydroxylation is 2. The van der Waals surface area contributed by atoms with Gasteiger partial charge in [-0.3, -0.25) is 0 Å². The van der Waals surface area contributed by atoms with Gasteiger partial charge in [0.15, 0.2) is 0 Å². The van der Waals surface area contributed by atoms with Gasteiger partial charge in [-0.1, -0.05) is 13.8 Å². The number of nitrogens with zero attached hydrogens (tertiary/aromatic N) is 2. The SMILES string of the molecule is Cc1sc2ncnc(N[C@@H](C(=O)[O-])C(C)C)c2c1C. The van der Waals surface area contributed by atoms with Crippen molar-refractivity contribution in [1.29, 1.82) is 0 Å². The Hall–Kier alpha value is -1.69. The molecule has 0 fully saturated rings. The zero-order valence-electron chi connectivity index (χ0n) is 11.4. The number of rotatable bonds is 4. The van der Waals surface area contributed by atoms with Crippen molar-refractivity contribution in [3.8, 4) is 0 Å². The minimum absolute atomic E-state index is 0.0879. The number of thiophene rings is 1. The average Bonchev–Trinajstić information content (AvgIpc) is 2.62. The first-order valence-electron chi connectivity index (χ1n) is 6.10. The van der Waals surface area contributed by atoms with Crippen LogP contribution < -0.4 is 10.4 Å². The fourth-order valence-electron chi connectivity index (χ4n) is 1.94. The molecule has 1 atom stereocenters. The van der Waals surface area contributed by atoms with E-state index in [-0.39, 0.29) is 5.92 Å². The summed E-state index contributed by atoms with van der Waals surface area (Å²) in [4.78, 5) is 21.6. The predicted molar refractivity (Wildman–Crippen MR) is 74.1 cm³/mol. The number of hydrogen-bond acceptors (Lipinski definition) is 6. The summed E-state index contributed by atoms with van der Waals surface area (Å²) >= 11 is 1.58. The lowest BCUT2D eigenvalue weighted by molar-refractivity contribution is -0.307.